The van der Waals surface area contributed by atoms with Crippen LogP contribution in [-0.2, 0) is 5.60 Å². The second-order valence-corrected chi connectivity index (χ2v) is 9.05. The summed E-state index contributed by atoms with van der Waals surface area (Å²) < 4.78 is 0. The maximum atomic E-state index is 12.6. The van der Waals surface area contributed by atoms with E-state index < -0.39 is 5.60 Å². The van der Waals surface area contributed by atoms with Crippen LogP contribution in [0.25, 0.3) is 0 Å². The second-order valence-electron chi connectivity index (χ2n) is 9.05. The molecule has 0 spiro atoms. The molecule has 2 heterocycles. The summed E-state index contributed by atoms with van der Waals surface area (Å²) in [6.07, 6.45) is 4.88. The van der Waals surface area contributed by atoms with Crippen molar-refractivity contribution in [2.75, 3.05) is 0 Å². The largest absolute Gasteiger partial charge is 0.379 e. The number of benzene rings is 3. The highest BCUT2D eigenvalue weighted by atomic mass is 16.3. The van der Waals surface area contributed by atoms with Crippen LogP contribution in [-0.4, -0.2) is 22.1 Å². The predicted molar refractivity (Wildman–Crippen MR) is 122 cm³/mol. The minimum atomic E-state index is -1.03. The molecule has 2 atom stereocenters. The summed E-state index contributed by atoms with van der Waals surface area (Å²) in [7, 11) is 0. The van der Waals surface area contributed by atoms with Gasteiger partial charge in [-0.05, 0) is 55.2 Å². The second kappa shape index (κ2) is 8.02. The average Bonchev–Trinajstić information content (AvgIpc) is 2.85. The summed E-state index contributed by atoms with van der Waals surface area (Å²) in [6.45, 7) is 2.32. The van der Waals surface area contributed by atoms with Gasteiger partial charge in [-0.15, -0.1) is 0 Å². The molecule has 3 fully saturated rings. The van der Waals surface area contributed by atoms with Gasteiger partial charge in [0.2, 0.25) is 0 Å². The zero-order valence-corrected chi connectivity index (χ0v) is 17.7. The first kappa shape index (κ1) is 19.5. The molecular formula is C28H31NO. The van der Waals surface area contributed by atoms with E-state index in [1.807, 2.05) is 12.1 Å². The lowest BCUT2D eigenvalue weighted by molar-refractivity contribution is -0.130. The van der Waals surface area contributed by atoms with Crippen molar-refractivity contribution < 1.29 is 5.11 Å². The van der Waals surface area contributed by atoms with Gasteiger partial charge < -0.3 is 5.11 Å². The molecular weight excluding hydrogens is 366 g/mol. The number of fused-ring (bicyclic) bond motifs is 3. The van der Waals surface area contributed by atoms with Gasteiger partial charge in [0, 0.05) is 12.1 Å². The minimum Gasteiger partial charge on any atom is -0.379 e. The Labute approximate surface area is 180 Å². The van der Waals surface area contributed by atoms with Crippen molar-refractivity contribution in [2.45, 2.75) is 56.3 Å². The van der Waals surface area contributed by atoms with Gasteiger partial charge in [0.1, 0.15) is 5.60 Å². The fourth-order valence-electron chi connectivity index (χ4n) is 6.10. The highest BCUT2D eigenvalue weighted by molar-refractivity contribution is 5.39. The summed E-state index contributed by atoms with van der Waals surface area (Å²) in [6, 6.07) is 32.3. The smallest absolute Gasteiger partial charge is 0.130 e. The Balaban J connectivity index is 1.66. The molecule has 2 bridgehead atoms. The van der Waals surface area contributed by atoms with Crippen LogP contribution in [0.1, 0.15) is 55.3 Å². The maximum Gasteiger partial charge on any atom is 0.130 e. The molecule has 2 aliphatic heterocycles. The molecule has 1 aliphatic carbocycles. The highest BCUT2D eigenvalue weighted by Crippen LogP contribution is 2.51. The first-order valence-electron chi connectivity index (χ1n) is 11.4. The molecule has 3 aromatic rings. The van der Waals surface area contributed by atoms with Gasteiger partial charge >= 0.3 is 0 Å². The van der Waals surface area contributed by atoms with Crippen molar-refractivity contribution in [3.05, 3.63) is 108 Å². The fourth-order valence-corrected chi connectivity index (χ4v) is 6.10. The number of aliphatic hydroxyl groups is 1. The third kappa shape index (κ3) is 3.19. The lowest BCUT2D eigenvalue weighted by Crippen LogP contribution is -2.64. The van der Waals surface area contributed by atoms with E-state index in [2.05, 4.69) is 90.7 Å². The Kier molecular flexibility index (Phi) is 5.22. The molecule has 2 heteroatoms. The Morgan fingerprint density at radius 2 is 1.20 bits per heavy atom. The summed E-state index contributed by atoms with van der Waals surface area (Å²) >= 11 is 0. The van der Waals surface area contributed by atoms with Crippen molar-refractivity contribution in [3.63, 3.8) is 0 Å². The lowest BCUT2D eigenvalue weighted by Gasteiger charge is -2.59. The van der Waals surface area contributed by atoms with E-state index in [1.165, 1.54) is 31.2 Å². The molecule has 3 aromatic carbocycles. The van der Waals surface area contributed by atoms with Crippen LogP contribution in [0.3, 0.4) is 0 Å². The molecule has 0 unspecified atom stereocenters. The van der Waals surface area contributed by atoms with Gasteiger partial charge in [0.05, 0.1) is 6.04 Å². The first-order valence-corrected chi connectivity index (χ1v) is 11.4. The van der Waals surface area contributed by atoms with Crippen LogP contribution in [0.2, 0.25) is 0 Å². The lowest BCUT2D eigenvalue weighted by atomic mass is 9.64. The van der Waals surface area contributed by atoms with Crippen molar-refractivity contribution in [3.8, 4) is 0 Å². The van der Waals surface area contributed by atoms with Crippen LogP contribution in [0.15, 0.2) is 91.0 Å². The average molecular weight is 398 g/mol. The van der Waals surface area contributed by atoms with E-state index >= 15 is 0 Å². The van der Waals surface area contributed by atoms with Gasteiger partial charge in [0.15, 0.2) is 0 Å². The Morgan fingerprint density at radius 1 is 0.733 bits per heavy atom. The van der Waals surface area contributed by atoms with Gasteiger partial charge in [-0.25, -0.2) is 0 Å². The van der Waals surface area contributed by atoms with Crippen molar-refractivity contribution in [1.82, 2.24) is 4.90 Å². The van der Waals surface area contributed by atoms with Crippen molar-refractivity contribution in [2.24, 2.45) is 5.92 Å². The zero-order chi connectivity index (χ0) is 20.6. The van der Waals surface area contributed by atoms with E-state index in [0.29, 0.717) is 12.0 Å². The molecule has 3 aliphatic rings. The van der Waals surface area contributed by atoms with E-state index in [1.54, 1.807) is 0 Å². The number of piperidine rings is 2. The summed E-state index contributed by atoms with van der Waals surface area (Å²) in [5.74, 6) is 0.492. The molecule has 2 saturated heterocycles. The predicted octanol–water partition coefficient (Wildman–Crippen LogP) is 5.93. The normalized spacial score (nSPS) is 25.2. The molecule has 0 amide bonds. The molecule has 1 N–H and O–H groups in total. The van der Waals surface area contributed by atoms with Crippen LogP contribution in [0, 0.1) is 5.92 Å². The maximum absolute atomic E-state index is 12.6. The highest BCUT2D eigenvalue weighted by Gasteiger charge is 2.54. The van der Waals surface area contributed by atoms with Gasteiger partial charge in [-0.1, -0.05) is 91.0 Å². The molecule has 1 saturated carbocycles. The number of nitrogens with zero attached hydrogens (tertiary/aromatic N) is 1. The van der Waals surface area contributed by atoms with Crippen LogP contribution < -0.4 is 0 Å². The third-order valence-electron chi connectivity index (χ3n) is 7.52. The van der Waals surface area contributed by atoms with Gasteiger partial charge in [0.25, 0.3) is 0 Å². The van der Waals surface area contributed by atoms with E-state index in [9.17, 15) is 5.11 Å². The van der Waals surface area contributed by atoms with Crippen LogP contribution >= 0.6 is 0 Å². The van der Waals surface area contributed by atoms with Crippen molar-refractivity contribution in [1.29, 1.82) is 0 Å². The number of hydrogen-bond donors (Lipinski definition) is 1. The molecule has 30 heavy (non-hydrogen) atoms. The monoisotopic (exact) mass is 397 g/mol. The summed E-state index contributed by atoms with van der Waals surface area (Å²) in [5, 5.41) is 12.6. The van der Waals surface area contributed by atoms with Crippen LogP contribution in [0.5, 0.6) is 0 Å². The summed E-state index contributed by atoms with van der Waals surface area (Å²) in [4.78, 5) is 2.66. The molecule has 2 nitrogen and oxygen atoms in total. The van der Waals surface area contributed by atoms with Gasteiger partial charge in [-0.3, -0.25) is 4.90 Å². The topological polar surface area (TPSA) is 23.5 Å². The third-order valence-corrected chi connectivity index (χ3v) is 7.52. The number of rotatable bonds is 5. The van der Waals surface area contributed by atoms with Gasteiger partial charge in [-0.2, -0.15) is 0 Å². The van der Waals surface area contributed by atoms with Crippen LogP contribution in [0.4, 0.5) is 0 Å². The SMILES string of the molecule is C[C@H](c1ccccc1)N1C2CCC(CC2)[C@@H]1C(O)(c1ccccc1)c1ccccc1. The van der Waals surface area contributed by atoms with E-state index in [0.717, 1.165) is 11.1 Å². The Bertz CT molecular complexity index is 908. The summed E-state index contributed by atoms with van der Waals surface area (Å²) in [5.41, 5.74) is 2.30. The fraction of sp³-hybridized carbons (Fsp3) is 0.357. The zero-order valence-electron chi connectivity index (χ0n) is 17.7. The molecule has 0 radical (unpaired) electrons. The van der Waals surface area contributed by atoms with E-state index in [4.69, 9.17) is 0 Å². The molecule has 0 aromatic heterocycles. The van der Waals surface area contributed by atoms with E-state index in [-0.39, 0.29) is 12.1 Å². The minimum absolute atomic E-state index is 0.0602. The molecule has 6 rings (SSSR count). The quantitative estimate of drug-likeness (QED) is 0.577. The standard InChI is InChI=1S/C28H31NO/c1-21(22-11-5-2-6-12-22)29-26-19-17-23(18-20-26)27(29)28(30,24-13-7-3-8-14-24)25-15-9-4-10-16-25/h2-16,21,23,26-27,30H,17-20H2,1H3/t21-,23?,26?,27-/m1/s1. The van der Waals surface area contributed by atoms with Crippen molar-refractivity contribution >= 4 is 0 Å². The molecule has 154 valence electrons. The Hall–Kier alpha value is -2.42. The number of hydrogen-bond acceptors (Lipinski definition) is 2. The Morgan fingerprint density at radius 3 is 1.70 bits per heavy atom. The first-order chi connectivity index (χ1) is 14.7.